The SMILES string of the molecule is O=C(Cc1ccccc1)NCC(=O)N1CCCC(C(=O)Nc2nccs2)C1. The molecule has 0 aliphatic carbocycles. The van der Waals surface area contributed by atoms with Crippen LogP contribution in [0, 0.1) is 5.92 Å². The van der Waals surface area contributed by atoms with E-state index in [1.807, 2.05) is 30.3 Å². The molecule has 1 aromatic heterocycles. The number of likely N-dealkylation sites (tertiary alicyclic amines) is 1. The quantitative estimate of drug-likeness (QED) is 0.790. The van der Waals surface area contributed by atoms with Gasteiger partial charge in [-0.15, -0.1) is 11.3 Å². The third-order valence-electron chi connectivity index (χ3n) is 4.45. The van der Waals surface area contributed by atoms with Crippen LogP contribution in [-0.2, 0) is 20.8 Å². The lowest BCUT2D eigenvalue weighted by Crippen LogP contribution is -2.47. The van der Waals surface area contributed by atoms with E-state index >= 15 is 0 Å². The molecule has 0 bridgehead atoms. The Hall–Kier alpha value is -2.74. The summed E-state index contributed by atoms with van der Waals surface area (Å²) in [5, 5.41) is 7.82. The zero-order valence-corrected chi connectivity index (χ0v) is 15.7. The van der Waals surface area contributed by atoms with Crippen LogP contribution in [0.25, 0.3) is 0 Å². The molecular weight excluding hydrogens is 364 g/mol. The summed E-state index contributed by atoms with van der Waals surface area (Å²) in [5.74, 6) is -0.727. The molecule has 0 saturated carbocycles. The van der Waals surface area contributed by atoms with Crippen LogP contribution in [-0.4, -0.2) is 47.2 Å². The minimum atomic E-state index is -0.258. The van der Waals surface area contributed by atoms with Crippen LogP contribution in [0.3, 0.4) is 0 Å². The zero-order chi connectivity index (χ0) is 19.1. The van der Waals surface area contributed by atoms with Gasteiger partial charge in [0.1, 0.15) is 0 Å². The number of thiazole rings is 1. The van der Waals surface area contributed by atoms with Crippen LogP contribution >= 0.6 is 11.3 Å². The van der Waals surface area contributed by atoms with E-state index in [0.717, 1.165) is 18.4 Å². The number of piperidine rings is 1. The minimum absolute atomic E-state index is 0.0491. The van der Waals surface area contributed by atoms with Crippen LogP contribution in [0.5, 0.6) is 0 Å². The Morgan fingerprint density at radius 2 is 2.04 bits per heavy atom. The molecule has 142 valence electrons. The predicted octanol–water partition coefficient (Wildman–Crippen LogP) is 1.68. The van der Waals surface area contributed by atoms with Crippen LogP contribution in [0.2, 0.25) is 0 Å². The maximum Gasteiger partial charge on any atom is 0.241 e. The molecule has 2 N–H and O–H groups in total. The molecule has 8 heteroatoms. The van der Waals surface area contributed by atoms with Gasteiger partial charge < -0.3 is 15.5 Å². The number of amides is 3. The molecule has 1 fully saturated rings. The Bertz CT molecular complexity index is 780. The molecule has 3 rings (SSSR count). The van der Waals surface area contributed by atoms with Gasteiger partial charge in [0.25, 0.3) is 0 Å². The average molecular weight is 386 g/mol. The van der Waals surface area contributed by atoms with Crippen molar-refractivity contribution in [3.05, 3.63) is 47.5 Å². The minimum Gasteiger partial charge on any atom is -0.347 e. The van der Waals surface area contributed by atoms with Gasteiger partial charge in [0.2, 0.25) is 17.7 Å². The van der Waals surface area contributed by atoms with Gasteiger partial charge in [-0.3, -0.25) is 14.4 Å². The van der Waals surface area contributed by atoms with E-state index in [1.165, 1.54) is 11.3 Å². The van der Waals surface area contributed by atoms with E-state index in [-0.39, 0.29) is 36.6 Å². The Labute approximate surface area is 161 Å². The van der Waals surface area contributed by atoms with Crippen molar-refractivity contribution < 1.29 is 14.4 Å². The van der Waals surface area contributed by atoms with E-state index < -0.39 is 0 Å². The highest BCUT2D eigenvalue weighted by Crippen LogP contribution is 2.19. The van der Waals surface area contributed by atoms with Gasteiger partial charge in [-0.2, -0.15) is 0 Å². The Morgan fingerprint density at radius 1 is 1.22 bits per heavy atom. The van der Waals surface area contributed by atoms with Gasteiger partial charge >= 0.3 is 0 Å². The maximum absolute atomic E-state index is 12.4. The second kappa shape index (κ2) is 9.27. The van der Waals surface area contributed by atoms with Crippen molar-refractivity contribution in [2.45, 2.75) is 19.3 Å². The fourth-order valence-corrected chi connectivity index (χ4v) is 3.57. The van der Waals surface area contributed by atoms with E-state index in [0.29, 0.717) is 18.2 Å². The van der Waals surface area contributed by atoms with Gasteiger partial charge in [-0.1, -0.05) is 30.3 Å². The molecule has 0 spiro atoms. The highest BCUT2D eigenvalue weighted by molar-refractivity contribution is 7.13. The van der Waals surface area contributed by atoms with Gasteiger partial charge in [0.05, 0.1) is 18.9 Å². The molecule has 2 heterocycles. The smallest absolute Gasteiger partial charge is 0.241 e. The van der Waals surface area contributed by atoms with Gasteiger partial charge in [-0.25, -0.2) is 4.98 Å². The standard InChI is InChI=1S/C19H22N4O3S/c24-16(11-14-5-2-1-3-6-14)21-12-17(25)23-9-4-7-15(13-23)18(26)22-19-20-8-10-27-19/h1-3,5-6,8,10,15H,4,7,9,11-13H2,(H,21,24)(H,20,22,26). The largest absolute Gasteiger partial charge is 0.347 e. The zero-order valence-electron chi connectivity index (χ0n) is 14.9. The molecule has 1 unspecified atom stereocenters. The number of nitrogens with one attached hydrogen (secondary N) is 2. The fraction of sp³-hybridized carbons (Fsp3) is 0.368. The molecule has 1 aliphatic heterocycles. The van der Waals surface area contributed by atoms with Gasteiger partial charge in [0.15, 0.2) is 5.13 Å². The number of carbonyl (C=O) groups is 3. The lowest BCUT2D eigenvalue weighted by molar-refractivity contribution is -0.135. The Balaban J connectivity index is 1.45. The summed E-state index contributed by atoms with van der Waals surface area (Å²) >= 11 is 1.36. The van der Waals surface area contributed by atoms with Crippen molar-refractivity contribution in [1.29, 1.82) is 0 Å². The number of rotatable bonds is 6. The third kappa shape index (κ3) is 5.62. The van der Waals surface area contributed by atoms with Crippen molar-refractivity contribution >= 4 is 34.2 Å². The number of nitrogens with zero attached hydrogens (tertiary/aromatic N) is 2. The lowest BCUT2D eigenvalue weighted by Gasteiger charge is -2.32. The summed E-state index contributed by atoms with van der Waals surface area (Å²) in [4.78, 5) is 42.5. The molecule has 0 radical (unpaired) electrons. The molecule has 1 saturated heterocycles. The number of hydrogen-bond acceptors (Lipinski definition) is 5. The number of anilines is 1. The van der Waals surface area contributed by atoms with Crippen molar-refractivity contribution in [1.82, 2.24) is 15.2 Å². The second-order valence-electron chi connectivity index (χ2n) is 6.44. The number of aromatic nitrogens is 1. The monoisotopic (exact) mass is 386 g/mol. The first kappa shape index (κ1) is 19.0. The molecule has 7 nitrogen and oxygen atoms in total. The Morgan fingerprint density at radius 3 is 2.78 bits per heavy atom. The first-order chi connectivity index (χ1) is 13.1. The van der Waals surface area contributed by atoms with E-state index in [2.05, 4.69) is 15.6 Å². The van der Waals surface area contributed by atoms with Crippen molar-refractivity contribution in [2.75, 3.05) is 25.0 Å². The van der Waals surface area contributed by atoms with Gasteiger partial charge in [-0.05, 0) is 18.4 Å². The molecular formula is C19H22N4O3S. The average Bonchev–Trinajstić information content (AvgIpc) is 3.20. The molecule has 3 amide bonds. The molecule has 2 aromatic rings. The third-order valence-corrected chi connectivity index (χ3v) is 5.14. The first-order valence-electron chi connectivity index (χ1n) is 8.90. The van der Waals surface area contributed by atoms with E-state index in [1.54, 1.807) is 16.5 Å². The van der Waals surface area contributed by atoms with Crippen LogP contribution in [0.15, 0.2) is 41.9 Å². The normalized spacial score (nSPS) is 16.6. The Kier molecular flexibility index (Phi) is 6.54. The maximum atomic E-state index is 12.4. The predicted molar refractivity (Wildman–Crippen MR) is 103 cm³/mol. The lowest BCUT2D eigenvalue weighted by atomic mass is 9.97. The van der Waals surface area contributed by atoms with Crippen molar-refractivity contribution in [2.24, 2.45) is 5.92 Å². The second-order valence-corrected chi connectivity index (χ2v) is 7.34. The van der Waals surface area contributed by atoms with Crippen LogP contribution in [0.4, 0.5) is 5.13 Å². The summed E-state index contributed by atoms with van der Waals surface area (Å²) in [5.41, 5.74) is 0.902. The fourth-order valence-electron chi connectivity index (χ4n) is 3.04. The van der Waals surface area contributed by atoms with Crippen molar-refractivity contribution in [3.8, 4) is 0 Å². The topological polar surface area (TPSA) is 91.4 Å². The van der Waals surface area contributed by atoms with E-state index in [9.17, 15) is 14.4 Å². The summed E-state index contributed by atoms with van der Waals surface area (Å²) in [6.07, 6.45) is 3.38. The molecule has 1 aromatic carbocycles. The highest BCUT2D eigenvalue weighted by atomic mass is 32.1. The van der Waals surface area contributed by atoms with E-state index in [4.69, 9.17) is 0 Å². The molecule has 27 heavy (non-hydrogen) atoms. The molecule has 1 aliphatic rings. The van der Waals surface area contributed by atoms with Crippen molar-refractivity contribution in [3.63, 3.8) is 0 Å². The number of hydrogen-bond donors (Lipinski definition) is 2. The summed E-state index contributed by atoms with van der Waals surface area (Å²) in [6, 6.07) is 9.38. The van der Waals surface area contributed by atoms with Crippen LogP contribution in [0.1, 0.15) is 18.4 Å². The summed E-state index contributed by atoms with van der Waals surface area (Å²) in [6.45, 7) is 0.922. The molecule has 1 atom stereocenters. The highest BCUT2D eigenvalue weighted by Gasteiger charge is 2.28. The summed E-state index contributed by atoms with van der Waals surface area (Å²) in [7, 11) is 0. The summed E-state index contributed by atoms with van der Waals surface area (Å²) < 4.78 is 0. The van der Waals surface area contributed by atoms with Gasteiger partial charge in [0, 0.05) is 24.7 Å². The number of carbonyl (C=O) groups excluding carboxylic acids is 3. The van der Waals surface area contributed by atoms with Crippen LogP contribution < -0.4 is 10.6 Å². The number of benzene rings is 1. The first-order valence-corrected chi connectivity index (χ1v) is 9.78.